The maximum Gasteiger partial charge on any atom is 0.0898 e. The van der Waals surface area contributed by atoms with E-state index < -0.39 is 0 Å². The van der Waals surface area contributed by atoms with E-state index >= 15 is 0 Å². The van der Waals surface area contributed by atoms with Crippen LogP contribution >= 0.6 is 11.8 Å². The molecule has 0 saturated carbocycles. The molecule has 0 atom stereocenters. The molecule has 0 aromatic rings. The third kappa shape index (κ3) is 7.91. The molecule has 3 heteroatoms. The van der Waals surface area contributed by atoms with E-state index in [0.29, 0.717) is 0 Å². The van der Waals surface area contributed by atoms with E-state index in [2.05, 4.69) is 47.9 Å². The Hall–Kier alpha value is -0.310. The number of hydrogen-bond donors (Lipinski definition) is 0. The van der Waals surface area contributed by atoms with Crippen LogP contribution in [0.15, 0.2) is 12.4 Å². The lowest BCUT2D eigenvalue weighted by molar-refractivity contribution is 0.331. The molecule has 0 unspecified atom stereocenters. The van der Waals surface area contributed by atoms with Gasteiger partial charge in [0.1, 0.15) is 0 Å². The molecule has 18 heavy (non-hydrogen) atoms. The summed E-state index contributed by atoms with van der Waals surface area (Å²) in [6.07, 6.45) is 15.7. The molecule has 0 fully saturated rings. The van der Waals surface area contributed by atoms with Crippen molar-refractivity contribution >= 4 is 11.8 Å². The number of rotatable bonds is 11. The quantitative estimate of drug-likeness (QED) is 0.511. The van der Waals surface area contributed by atoms with Gasteiger partial charge in [-0.15, -0.1) is 11.8 Å². The zero-order valence-corrected chi connectivity index (χ0v) is 13.1. The molecule has 1 heterocycles. The number of thioether (sulfide) groups is 1. The largest absolute Gasteiger partial charge is 0.362 e. The molecule has 0 N–H and O–H groups in total. The molecule has 0 saturated heterocycles. The van der Waals surface area contributed by atoms with Gasteiger partial charge in [0.2, 0.25) is 0 Å². The molecule has 0 aliphatic carbocycles. The molecule has 0 aromatic heterocycles. The second-order valence-electron chi connectivity index (χ2n) is 5.30. The van der Waals surface area contributed by atoms with Crippen molar-refractivity contribution in [2.75, 3.05) is 25.3 Å². The summed E-state index contributed by atoms with van der Waals surface area (Å²) in [7, 11) is 2.12. The predicted octanol–water partition coefficient (Wildman–Crippen LogP) is 4.49. The van der Waals surface area contributed by atoms with Gasteiger partial charge in [-0.1, -0.05) is 51.9 Å². The molecule has 2 nitrogen and oxygen atoms in total. The van der Waals surface area contributed by atoms with Crippen molar-refractivity contribution in [1.82, 2.24) is 9.80 Å². The number of nitrogens with zero attached hydrogens (tertiary/aromatic N) is 2. The summed E-state index contributed by atoms with van der Waals surface area (Å²) in [6, 6.07) is 0. The number of unbranched alkanes of at least 4 members (excludes halogenated alkanes) is 7. The van der Waals surface area contributed by atoms with Crippen molar-refractivity contribution in [3.05, 3.63) is 12.4 Å². The van der Waals surface area contributed by atoms with Crippen molar-refractivity contribution in [1.29, 1.82) is 0 Å². The molecule has 106 valence electrons. The minimum absolute atomic E-state index is 1.06. The molecular formula is C15H30N2S. The first kappa shape index (κ1) is 15.7. The van der Waals surface area contributed by atoms with Gasteiger partial charge in [0.15, 0.2) is 0 Å². The van der Waals surface area contributed by atoms with E-state index in [0.717, 1.165) is 12.5 Å². The lowest BCUT2D eigenvalue weighted by Crippen LogP contribution is -2.21. The van der Waals surface area contributed by atoms with Crippen LogP contribution in [0.4, 0.5) is 0 Å². The SMILES string of the molecule is CCCCCCCCCCSCN1C=CN(C)C1. The molecule has 0 aromatic carbocycles. The summed E-state index contributed by atoms with van der Waals surface area (Å²) in [4.78, 5) is 4.59. The summed E-state index contributed by atoms with van der Waals surface area (Å²) >= 11 is 2.07. The van der Waals surface area contributed by atoms with Crippen molar-refractivity contribution in [3.8, 4) is 0 Å². The number of hydrogen-bond acceptors (Lipinski definition) is 3. The van der Waals surface area contributed by atoms with E-state index in [9.17, 15) is 0 Å². The van der Waals surface area contributed by atoms with Gasteiger partial charge in [-0.05, 0) is 12.2 Å². The van der Waals surface area contributed by atoms with Gasteiger partial charge in [-0.25, -0.2) is 0 Å². The smallest absolute Gasteiger partial charge is 0.0898 e. The van der Waals surface area contributed by atoms with Gasteiger partial charge in [0.25, 0.3) is 0 Å². The molecule has 0 radical (unpaired) electrons. The Balaban J connectivity index is 1.75. The van der Waals surface area contributed by atoms with Crippen molar-refractivity contribution < 1.29 is 0 Å². The topological polar surface area (TPSA) is 6.48 Å². The van der Waals surface area contributed by atoms with Crippen LogP contribution in [0.1, 0.15) is 58.3 Å². The molecule has 1 aliphatic heterocycles. The second-order valence-corrected chi connectivity index (χ2v) is 6.37. The fraction of sp³-hybridized carbons (Fsp3) is 0.867. The van der Waals surface area contributed by atoms with Crippen LogP contribution in [0.25, 0.3) is 0 Å². The Morgan fingerprint density at radius 2 is 1.61 bits per heavy atom. The molecule has 0 amide bonds. The van der Waals surface area contributed by atoms with Crippen molar-refractivity contribution in [3.63, 3.8) is 0 Å². The van der Waals surface area contributed by atoms with Gasteiger partial charge in [-0.2, -0.15) is 0 Å². The average molecular weight is 270 g/mol. The zero-order chi connectivity index (χ0) is 13.1. The average Bonchev–Trinajstić information content (AvgIpc) is 2.77. The molecule has 0 spiro atoms. The standard InChI is InChI=1S/C15H30N2S/c1-3-4-5-6-7-8-9-10-13-18-15-17-12-11-16(2)14-17/h11-12H,3-10,13-15H2,1-2H3. The van der Waals surface area contributed by atoms with Crippen molar-refractivity contribution in [2.24, 2.45) is 0 Å². The summed E-state index contributed by atoms with van der Waals surface area (Å²) in [6.45, 7) is 3.34. The Bertz CT molecular complexity index is 219. The van der Waals surface area contributed by atoms with Crippen LogP contribution in [-0.2, 0) is 0 Å². The first-order valence-electron chi connectivity index (χ1n) is 7.53. The van der Waals surface area contributed by atoms with E-state index in [-0.39, 0.29) is 0 Å². The van der Waals surface area contributed by atoms with Crippen LogP contribution in [0.2, 0.25) is 0 Å². The van der Waals surface area contributed by atoms with E-state index in [1.54, 1.807) is 0 Å². The van der Waals surface area contributed by atoms with Gasteiger partial charge in [0, 0.05) is 19.4 Å². The third-order valence-corrected chi connectivity index (χ3v) is 4.43. The first-order valence-corrected chi connectivity index (χ1v) is 8.68. The van der Waals surface area contributed by atoms with Gasteiger partial charge < -0.3 is 9.80 Å². The molecule has 1 rings (SSSR count). The molecule has 1 aliphatic rings. The third-order valence-electron chi connectivity index (χ3n) is 3.34. The van der Waals surface area contributed by atoms with E-state index in [1.807, 2.05) is 0 Å². The highest BCUT2D eigenvalue weighted by molar-refractivity contribution is 7.99. The normalized spacial score (nSPS) is 14.8. The lowest BCUT2D eigenvalue weighted by Gasteiger charge is -2.17. The maximum atomic E-state index is 2.37. The summed E-state index contributed by atoms with van der Waals surface area (Å²) in [5.74, 6) is 2.47. The van der Waals surface area contributed by atoms with Crippen LogP contribution < -0.4 is 0 Å². The highest BCUT2D eigenvalue weighted by Crippen LogP contribution is 2.14. The fourth-order valence-electron chi connectivity index (χ4n) is 2.19. The summed E-state index contributed by atoms with van der Waals surface area (Å²) in [5.41, 5.74) is 0. The molecule has 0 bridgehead atoms. The Labute approximate surface area is 118 Å². The summed E-state index contributed by atoms with van der Waals surface area (Å²) < 4.78 is 0. The van der Waals surface area contributed by atoms with Crippen LogP contribution in [0.3, 0.4) is 0 Å². The fourth-order valence-corrected chi connectivity index (χ4v) is 3.13. The monoisotopic (exact) mass is 270 g/mol. The zero-order valence-electron chi connectivity index (χ0n) is 12.2. The highest BCUT2D eigenvalue weighted by Gasteiger charge is 2.06. The minimum Gasteiger partial charge on any atom is -0.362 e. The van der Waals surface area contributed by atoms with Crippen LogP contribution in [0, 0.1) is 0 Å². The summed E-state index contributed by atoms with van der Waals surface area (Å²) in [5, 5.41) is 0. The van der Waals surface area contributed by atoms with Crippen LogP contribution in [0.5, 0.6) is 0 Å². The molecular weight excluding hydrogens is 240 g/mol. The minimum atomic E-state index is 1.06. The predicted molar refractivity (Wildman–Crippen MR) is 83.5 cm³/mol. The lowest BCUT2D eigenvalue weighted by atomic mass is 10.1. The van der Waals surface area contributed by atoms with E-state index in [4.69, 9.17) is 0 Å². The maximum absolute atomic E-state index is 2.37. The Morgan fingerprint density at radius 1 is 0.944 bits per heavy atom. The van der Waals surface area contributed by atoms with Gasteiger partial charge in [-0.3, -0.25) is 0 Å². The van der Waals surface area contributed by atoms with Gasteiger partial charge >= 0.3 is 0 Å². The van der Waals surface area contributed by atoms with E-state index in [1.165, 1.54) is 57.1 Å². The Morgan fingerprint density at radius 3 is 2.22 bits per heavy atom. The van der Waals surface area contributed by atoms with Crippen LogP contribution in [-0.4, -0.2) is 35.1 Å². The highest BCUT2D eigenvalue weighted by atomic mass is 32.2. The first-order chi connectivity index (χ1) is 8.83. The van der Waals surface area contributed by atoms with Crippen molar-refractivity contribution in [2.45, 2.75) is 58.3 Å². The Kier molecular flexibility index (Phi) is 9.27. The van der Waals surface area contributed by atoms with Gasteiger partial charge in [0.05, 0.1) is 12.5 Å². The second kappa shape index (κ2) is 10.6.